The van der Waals surface area contributed by atoms with Crippen LogP contribution in [0.4, 0.5) is 4.39 Å². The lowest BCUT2D eigenvalue weighted by atomic mass is 9.97. The number of benzene rings is 2. The van der Waals surface area contributed by atoms with Crippen LogP contribution in [0, 0.1) is 5.82 Å². The molecule has 2 aromatic carbocycles. The molecule has 180 valence electrons. The van der Waals surface area contributed by atoms with Gasteiger partial charge in [0.2, 0.25) is 5.56 Å². The highest BCUT2D eigenvalue weighted by molar-refractivity contribution is 6.11. The van der Waals surface area contributed by atoms with Crippen molar-refractivity contribution in [1.82, 2.24) is 14.5 Å². The number of nitrogens with one attached hydrogen (secondary N) is 2. The quantitative estimate of drug-likeness (QED) is 0.355. The van der Waals surface area contributed by atoms with Gasteiger partial charge in [0.15, 0.2) is 0 Å². The van der Waals surface area contributed by atoms with Crippen LogP contribution in [-0.4, -0.2) is 32.2 Å². The normalized spacial score (nSPS) is 13.0. The third-order valence-corrected chi connectivity index (χ3v) is 6.63. The van der Waals surface area contributed by atoms with Gasteiger partial charge in [0.25, 0.3) is 5.56 Å². The minimum atomic E-state index is -1.29. The zero-order valence-electron chi connectivity index (χ0n) is 18.9. The molecule has 0 spiro atoms. The van der Waals surface area contributed by atoms with Gasteiger partial charge in [0.1, 0.15) is 17.3 Å². The monoisotopic (exact) mass is 485 g/mol. The maximum atomic E-state index is 15.3. The number of fused-ring (bicyclic) bond motifs is 4. The van der Waals surface area contributed by atoms with E-state index in [2.05, 4.69) is 9.97 Å². The van der Waals surface area contributed by atoms with Gasteiger partial charge in [-0.1, -0.05) is 18.2 Å². The van der Waals surface area contributed by atoms with Crippen molar-refractivity contribution in [2.45, 2.75) is 19.4 Å². The summed E-state index contributed by atoms with van der Waals surface area (Å²) in [6.07, 6.45) is 2.52. The third kappa shape index (κ3) is 3.31. The minimum Gasteiger partial charge on any atom is -0.492 e. The molecule has 1 aliphatic rings. The summed E-state index contributed by atoms with van der Waals surface area (Å²) in [5.41, 5.74) is 1.07. The minimum absolute atomic E-state index is 0.0362. The molecule has 3 aromatic heterocycles. The van der Waals surface area contributed by atoms with E-state index in [0.29, 0.717) is 41.5 Å². The maximum Gasteiger partial charge on any atom is 0.353 e. The summed E-state index contributed by atoms with van der Waals surface area (Å²) in [5.74, 6) is -1.53. The Morgan fingerprint density at radius 1 is 1.14 bits per heavy atom. The predicted octanol–water partition coefficient (Wildman–Crippen LogP) is 4.05. The first-order valence-corrected chi connectivity index (χ1v) is 11.5. The van der Waals surface area contributed by atoms with Crippen LogP contribution in [-0.2, 0) is 13.0 Å². The molecule has 5 aromatic rings. The van der Waals surface area contributed by atoms with Gasteiger partial charge >= 0.3 is 5.97 Å². The number of aromatic amines is 2. The van der Waals surface area contributed by atoms with Crippen molar-refractivity contribution in [1.29, 1.82) is 0 Å². The van der Waals surface area contributed by atoms with E-state index in [1.54, 1.807) is 18.2 Å². The fourth-order valence-corrected chi connectivity index (χ4v) is 5.14. The number of aromatic nitrogens is 3. The zero-order chi connectivity index (χ0) is 25.0. The fraction of sp³-hybridized carbons (Fsp3) is 0.148. The van der Waals surface area contributed by atoms with E-state index in [1.807, 2.05) is 12.1 Å². The van der Waals surface area contributed by atoms with Crippen LogP contribution in [0.5, 0.6) is 5.75 Å². The number of carboxylic acids is 1. The summed E-state index contributed by atoms with van der Waals surface area (Å²) in [7, 11) is 0. The first-order valence-electron chi connectivity index (χ1n) is 11.5. The number of para-hydroxylation sites is 1. The molecular weight excluding hydrogens is 465 g/mol. The van der Waals surface area contributed by atoms with E-state index < -0.39 is 17.3 Å². The van der Waals surface area contributed by atoms with Crippen molar-refractivity contribution in [3.8, 4) is 16.9 Å². The van der Waals surface area contributed by atoms with Crippen LogP contribution in [0.2, 0.25) is 0 Å². The van der Waals surface area contributed by atoms with Gasteiger partial charge in [0.05, 0.1) is 23.1 Å². The Kier molecular flexibility index (Phi) is 4.99. The zero-order valence-corrected chi connectivity index (χ0v) is 18.9. The number of hydrogen-bond donors (Lipinski definition) is 3. The van der Waals surface area contributed by atoms with Crippen molar-refractivity contribution in [2.75, 3.05) is 6.61 Å². The van der Waals surface area contributed by atoms with Crippen LogP contribution in [0.1, 0.15) is 28.0 Å². The van der Waals surface area contributed by atoms with Crippen LogP contribution in [0.15, 0.2) is 64.3 Å². The summed E-state index contributed by atoms with van der Waals surface area (Å²) in [4.78, 5) is 43.3. The van der Waals surface area contributed by atoms with Gasteiger partial charge in [-0.05, 0) is 42.7 Å². The molecule has 4 heterocycles. The Labute approximate surface area is 202 Å². The second-order valence-electron chi connectivity index (χ2n) is 8.74. The van der Waals surface area contributed by atoms with Gasteiger partial charge in [-0.3, -0.25) is 9.59 Å². The Balaban J connectivity index is 1.75. The number of ether oxygens (including phenoxy) is 1. The van der Waals surface area contributed by atoms with Gasteiger partial charge in [0, 0.05) is 40.8 Å². The van der Waals surface area contributed by atoms with Crippen molar-refractivity contribution in [3.63, 3.8) is 0 Å². The summed E-state index contributed by atoms with van der Waals surface area (Å²) in [6.45, 7) is 0.313. The summed E-state index contributed by atoms with van der Waals surface area (Å²) in [5, 5.41) is 11.5. The number of aromatic carboxylic acids is 1. The van der Waals surface area contributed by atoms with E-state index >= 15 is 4.39 Å². The molecule has 0 fully saturated rings. The van der Waals surface area contributed by atoms with Crippen molar-refractivity contribution >= 4 is 27.8 Å². The standard InChI is InChI=1S/C27H20FN3O5/c28-18-12-20-23(25-16(18)7-4-10-36-25)22(17-6-3-9-29-26(17)33)24(27(34)35)31(20)13-14-11-21(32)30-19-8-2-1-5-15(14)19/h1-3,5-6,8-9,11-12H,4,7,10,13H2,(H,29,33)(H,30,32)(H,34,35). The lowest BCUT2D eigenvalue weighted by Crippen LogP contribution is -2.15. The number of hydrogen-bond acceptors (Lipinski definition) is 4. The number of carbonyl (C=O) groups is 1. The van der Waals surface area contributed by atoms with Crippen molar-refractivity contribution < 1.29 is 19.0 Å². The lowest BCUT2D eigenvalue weighted by Gasteiger charge is -2.20. The van der Waals surface area contributed by atoms with E-state index in [-0.39, 0.29) is 40.2 Å². The first kappa shape index (κ1) is 21.8. The number of nitrogens with zero attached hydrogens (tertiary/aromatic N) is 1. The second-order valence-corrected chi connectivity index (χ2v) is 8.74. The van der Waals surface area contributed by atoms with Crippen LogP contribution in [0.3, 0.4) is 0 Å². The summed E-state index contributed by atoms with van der Waals surface area (Å²) >= 11 is 0. The molecule has 0 radical (unpaired) electrons. The van der Waals surface area contributed by atoms with Crippen LogP contribution in [0.25, 0.3) is 32.9 Å². The highest BCUT2D eigenvalue weighted by atomic mass is 19.1. The van der Waals surface area contributed by atoms with E-state index in [0.717, 1.165) is 5.39 Å². The SMILES string of the molecule is O=C(O)c1c(-c2ccc[nH]c2=O)c2c3c(c(F)cc2n1Cc1cc(=O)[nH]c2ccccc12)CCCO3. The van der Waals surface area contributed by atoms with Crippen molar-refractivity contribution in [3.05, 3.63) is 98.1 Å². The number of carboxylic acid groups (broad SMARTS) is 1. The molecule has 1 aliphatic heterocycles. The molecule has 0 aliphatic carbocycles. The highest BCUT2D eigenvalue weighted by Gasteiger charge is 2.31. The third-order valence-electron chi connectivity index (χ3n) is 6.63. The number of rotatable bonds is 4. The average Bonchev–Trinajstić information content (AvgIpc) is 3.18. The molecule has 6 rings (SSSR count). The Morgan fingerprint density at radius 2 is 1.97 bits per heavy atom. The lowest BCUT2D eigenvalue weighted by molar-refractivity contribution is 0.0687. The average molecular weight is 485 g/mol. The molecule has 0 saturated heterocycles. The number of pyridine rings is 2. The second kappa shape index (κ2) is 8.23. The van der Waals surface area contributed by atoms with Crippen LogP contribution >= 0.6 is 0 Å². The molecule has 0 unspecified atom stereocenters. The van der Waals surface area contributed by atoms with Crippen LogP contribution < -0.4 is 15.9 Å². The number of H-pyrrole nitrogens is 2. The van der Waals surface area contributed by atoms with Gasteiger partial charge < -0.3 is 24.4 Å². The largest absolute Gasteiger partial charge is 0.492 e. The van der Waals surface area contributed by atoms with E-state index in [9.17, 15) is 19.5 Å². The highest BCUT2D eigenvalue weighted by Crippen LogP contribution is 2.44. The van der Waals surface area contributed by atoms with Gasteiger partial charge in [-0.2, -0.15) is 0 Å². The Hall–Kier alpha value is -4.66. The molecule has 0 bridgehead atoms. The maximum absolute atomic E-state index is 15.3. The molecule has 3 N–H and O–H groups in total. The van der Waals surface area contributed by atoms with Gasteiger partial charge in [-0.25, -0.2) is 9.18 Å². The molecule has 9 heteroatoms. The molecule has 0 atom stereocenters. The number of halogens is 1. The molecular formula is C27H20FN3O5. The fourth-order valence-electron chi connectivity index (χ4n) is 5.14. The molecule has 8 nitrogen and oxygen atoms in total. The summed E-state index contributed by atoms with van der Waals surface area (Å²) < 4.78 is 22.6. The Bertz CT molecular complexity index is 1810. The predicted molar refractivity (Wildman–Crippen MR) is 132 cm³/mol. The van der Waals surface area contributed by atoms with E-state index in [4.69, 9.17) is 4.74 Å². The van der Waals surface area contributed by atoms with Gasteiger partial charge in [-0.15, -0.1) is 0 Å². The molecule has 0 amide bonds. The van der Waals surface area contributed by atoms with Crippen molar-refractivity contribution in [2.24, 2.45) is 0 Å². The summed E-state index contributed by atoms with van der Waals surface area (Å²) in [6, 6.07) is 13.0. The van der Waals surface area contributed by atoms with E-state index in [1.165, 1.54) is 29.0 Å². The topological polar surface area (TPSA) is 117 Å². The smallest absolute Gasteiger partial charge is 0.353 e. The molecule has 36 heavy (non-hydrogen) atoms. The first-order chi connectivity index (χ1) is 17.4. The Morgan fingerprint density at radius 3 is 2.78 bits per heavy atom. The molecule has 0 saturated carbocycles.